The summed E-state index contributed by atoms with van der Waals surface area (Å²) in [4.78, 5) is 39.8. The van der Waals surface area contributed by atoms with E-state index in [1.54, 1.807) is 41.5 Å². The van der Waals surface area contributed by atoms with Gasteiger partial charge in [-0.2, -0.15) is 5.01 Å². The van der Waals surface area contributed by atoms with Gasteiger partial charge >= 0.3 is 18.2 Å². The number of carbonyl (C=O) groups excluding carboxylic acids is 3. The minimum atomic E-state index is -1.31. The molecule has 3 rings (SSSR count). The molecule has 8 nitrogen and oxygen atoms in total. The molecule has 1 aromatic carbocycles. The summed E-state index contributed by atoms with van der Waals surface area (Å²) >= 11 is 0. The molecule has 2 bridgehead atoms. The van der Waals surface area contributed by atoms with Crippen molar-refractivity contribution in [3.63, 3.8) is 0 Å². The fraction of sp³-hybridized carbons (Fsp3) is 0.625. The van der Waals surface area contributed by atoms with Crippen LogP contribution < -0.4 is 0 Å². The summed E-state index contributed by atoms with van der Waals surface area (Å²) in [6.45, 7) is 10.9. The highest BCUT2D eigenvalue weighted by Gasteiger charge is 2.61. The van der Waals surface area contributed by atoms with E-state index in [9.17, 15) is 14.4 Å². The molecule has 0 radical (unpaired) electrons. The number of esters is 1. The summed E-state index contributed by atoms with van der Waals surface area (Å²) in [7, 11) is 0. The SMILES string of the molecule is CC(C)(C)OC(=O)N1C[C@@H]2CC[C@@](C(=O)OCc3ccccc3)(C2)N1C(=O)OC(C)(C)C. The van der Waals surface area contributed by atoms with Crippen LogP contribution in [0.5, 0.6) is 0 Å². The molecule has 8 heteroatoms. The van der Waals surface area contributed by atoms with Crippen molar-refractivity contribution in [2.75, 3.05) is 6.54 Å². The van der Waals surface area contributed by atoms with E-state index in [1.165, 1.54) is 5.01 Å². The smallest absolute Gasteiger partial charge is 0.430 e. The Morgan fingerprint density at radius 1 is 0.969 bits per heavy atom. The molecule has 1 aliphatic carbocycles. The van der Waals surface area contributed by atoms with Gasteiger partial charge in [0.25, 0.3) is 0 Å². The van der Waals surface area contributed by atoms with Crippen LogP contribution in [-0.2, 0) is 25.6 Å². The summed E-state index contributed by atoms with van der Waals surface area (Å²) in [6, 6.07) is 9.34. The van der Waals surface area contributed by atoms with Crippen molar-refractivity contribution in [1.82, 2.24) is 10.0 Å². The number of carbonyl (C=O) groups is 3. The van der Waals surface area contributed by atoms with Gasteiger partial charge in [-0.3, -0.25) is 0 Å². The second kappa shape index (κ2) is 8.64. The molecule has 0 N–H and O–H groups in total. The third-order valence-corrected chi connectivity index (χ3v) is 5.43. The van der Waals surface area contributed by atoms with Crippen LogP contribution in [0.2, 0.25) is 0 Å². The second-order valence-corrected chi connectivity index (χ2v) is 10.6. The highest BCUT2D eigenvalue weighted by molar-refractivity contribution is 5.88. The van der Waals surface area contributed by atoms with Crippen LogP contribution in [0.15, 0.2) is 30.3 Å². The molecule has 2 aliphatic rings. The molecule has 0 unspecified atom stereocenters. The van der Waals surface area contributed by atoms with Gasteiger partial charge in [0.05, 0.1) is 0 Å². The highest BCUT2D eigenvalue weighted by atomic mass is 16.6. The van der Waals surface area contributed by atoms with Gasteiger partial charge in [-0.15, -0.1) is 0 Å². The molecule has 1 saturated carbocycles. The zero-order valence-electron chi connectivity index (χ0n) is 19.8. The summed E-state index contributed by atoms with van der Waals surface area (Å²) in [5, 5.41) is 2.38. The number of hydrogen-bond acceptors (Lipinski definition) is 6. The Kier molecular flexibility index (Phi) is 6.45. The van der Waals surface area contributed by atoms with Gasteiger partial charge in [-0.25, -0.2) is 19.4 Å². The maximum atomic E-state index is 13.4. The first-order valence-corrected chi connectivity index (χ1v) is 11.1. The summed E-state index contributed by atoms with van der Waals surface area (Å²) in [5.74, 6) is -0.478. The van der Waals surface area contributed by atoms with Gasteiger partial charge in [-0.1, -0.05) is 30.3 Å². The van der Waals surface area contributed by atoms with E-state index < -0.39 is 34.9 Å². The Morgan fingerprint density at radius 2 is 1.56 bits per heavy atom. The van der Waals surface area contributed by atoms with E-state index in [1.807, 2.05) is 30.3 Å². The third kappa shape index (κ3) is 5.34. The number of nitrogens with zero attached hydrogens (tertiary/aromatic N) is 2. The Balaban J connectivity index is 1.92. The largest absolute Gasteiger partial charge is 0.459 e. The molecule has 2 amide bonds. The summed E-state index contributed by atoms with van der Waals surface area (Å²) in [6.07, 6.45) is 0.0535. The maximum absolute atomic E-state index is 13.4. The van der Waals surface area contributed by atoms with E-state index >= 15 is 0 Å². The molecule has 2 atom stereocenters. The first-order valence-electron chi connectivity index (χ1n) is 11.1. The molecular formula is C24H34N2O6. The summed E-state index contributed by atoms with van der Waals surface area (Å²) in [5.41, 5.74) is -2.03. The van der Waals surface area contributed by atoms with Crippen LogP contribution in [-0.4, -0.2) is 51.5 Å². The minimum Gasteiger partial charge on any atom is -0.459 e. The molecule has 2 fully saturated rings. The van der Waals surface area contributed by atoms with Crippen LogP contribution in [0.25, 0.3) is 0 Å². The molecule has 0 aromatic heterocycles. The van der Waals surface area contributed by atoms with Gasteiger partial charge in [0, 0.05) is 6.54 Å². The number of fused-ring (bicyclic) bond motifs is 2. The van der Waals surface area contributed by atoms with Crippen LogP contribution in [0.4, 0.5) is 9.59 Å². The second-order valence-electron chi connectivity index (χ2n) is 10.6. The molecule has 0 spiro atoms. The monoisotopic (exact) mass is 446 g/mol. The van der Waals surface area contributed by atoms with Crippen LogP contribution >= 0.6 is 0 Å². The van der Waals surface area contributed by atoms with Crippen LogP contribution in [0, 0.1) is 5.92 Å². The lowest BCUT2D eigenvalue weighted by atomic mass is 9.92. The van der Waals surface area contributed by atoms with E-state index in [-0.39, 0.29) is 19.1 Å². The normalized spacial score (nSPS) is 23.0. The van der Waals surface area contributed by atoms with Crippen LogP contribution in [0.1, 0.15) is 66.4 Å². The van der Waals surface area contributed by atoms with Crippen molar-refractivity contribution in [3.05, 3.63) is 35.9 Å². The number of hydrogen-bond donors (Lipinski definition) is 0. The Morgan fingerprint density at radius 3 is 2.16 bits per heavy atom. The van der Waals surface area contributed by atoms with Crippen molar-refractivity contribution in [3.8, 4) is 0 Å². The average Bonchev–Trinajstić information content (AvgIpc) is 3.01. The van der Waals surface area contributed by atoms with E-state index in [2.05, 4.69) is 0 Å². The fourth-order valence-electron chi connectivity index (χ4n) is 4.21. The van der Waals surface area contributed by atoms with E-state index in [0.717, 1.165) is 10.6 Å². The molecule has 1 heterocycles. The van der Waals surface area contributed by atoms with Gasteiger partial charge in [0.1, 0.15) is 17.8 Å². The number of benzene rings is 1. The van der Waals surface area contributed by atoms with Gasteiger partial charge in [0.2, 0.25) is 0 Å². The zero-order chi connectivity index (χ0) is 23.7. The predicted molar refractivity (Wildman–Crippen MR) is 117 cm³/mol. The molecular weight excluding hydrogens is 412 g/mol. The molecule has 1 aromatic rings. The predicted octanol–water partition coefficient (Wildman–Crippen LogP) is 4.67. The topological polar surface area (TPSA) is 85.4 Å². The number of hydrazine groups is 1. The van der Waals surface area contributed by atoms with E-state index in [4.69, 9.17) is 14.2 Å². The lowest BCUT2D eigenvalue weighted by Crippen LogP contribution is -2.68. The van der Waals surface area contributed by atoms with Crippen molar-refractivity contribution in [2.45, 2.75) is 84.2 Å². The van der Waals surface area contributed by atoms with Crippen molar-refractivity contribution in [2.24, 2.45) is 5.92 Å². The Bertz CT molecular complexity index is 857. The van der Waals surface area contributed by atoms with Gasteiger partial charge < -0.3 is 14.2 Å². The standard InChI is InChI=1S/C24H34N2O6/c1-22(2,3)31-20(28)25-15-18-12-13-24(14-18,26(25)21(29)32-23(4,5)6)19(27)30-16-17-10-8-7-9-11-17/h7-11,18H,12-16H2,1-6H3/t18-,24+/m1/s1. The van der Waals surface area contributed by atoms with E-state index in [0.29, 0.717) is 19.3 Å². The number of rotatable bonds is 3. The highest BCUT2D eigenvalue weighted by Crippen LogP contribution is 2.46. The molecule has 1 saturated heterocycles. The molecule has 32 heavy (non-hydrogen) atoms. The first-order chi connectivity index (χ1) is 14.8. The number of amides is 2. The number of ether oxygens (including phenoxy) is 3. The Labute approximate surface area is 189 Å². The van der Waals surface area contributed by atoms with Crippen molar-refractivity contribution < 1.29 is 28.6 Å². The van der Waals surface area contributed by atoms with Crippen molar-refractivity contribution >= 4 is 18.2 Å². The lowest BCUT2D eigenvalue weighted by molar-refractivity contribution is -0.178. The zero-order valence-corrected chi connectivity index (χ0v) is 19.8. The van der Waals surface area contributed by atoms with Gasteiger partial charge in [-0.05, 0) is 72.3 Å². The fourth-order valence-corrected chi connectivity index (χ4v) is 4.21. The van der Waals surface area contributed by atoms with Gasteiger partial charge in [0.15, 0.2) is 5.54 Å². The quantitative estimate of drug-likeness (QED) is 0.495. The lowest BCUT2D eigenvalue weighted by Gasteiger charge is -2.48. The average molecular weight is 447 g/mol. The maximum Gasteiger partial charge on any atom is 0.430 e. The third-order valence-electron chi connectivity index (χ3n) is 5.43. The minimum absolute atomic E-state index is 0.0606. The van der Waals surface area contributed by atoms with Crippen LogP contribution in [0.3, 0.4) is 0 Å². The van der Waals surface area contributed by atoms with Crippen molar-refractivity contribution in [1.29, 1.82) is 0 Å². The first kappa shape index (κ1) is 23.9. The Hall–Kier alpha value is -2.77. The molecule has 176 valence electrons. The summed E-state index contributed by atoms with van der Waals surface area (Å²) < 4.78 is 16.8. The molecule has 1 aliphatic heterocycles.